The molecule has 0 spiro atoms. The molecular formula is C13H18N2O3S. The van der Waals surface area contributed by atoms with Gasteiger partial charge in [0.15, 0.2) is 0 Å². The fourth-order valence-electron chi connectivity index (χ4n) is 1.94. The van der Waals surface area contributed by atoms with E-state index in [0.717, 1.165) is 11.6 Å². The van der Waals surface area contributed by atoms with Crippen LogP contribution >= 0.6 is 11.8 Å². The first-order valence-electron chi connectivity index (χ1n) is 6.12. The minimum absolute atomic E-state index is 0.0704. The van der Waals surface area contributed by atoms with Crippen molar-refractivity contribution in [1.29, 1.82) is 0 Å². The third-order valence-corrected chi connectivity index (χ3v) is 3.94. The van der Waals surface area contributed by atoms with Gasteiger partial charge in [0.05, 0.1) is 19.3 Å². The number of aliphatic hydroxyl groups is 1. The molecule has 0 aromatic heterocycles. The zero-order valence-corrected chi connectivity index (χ0v) is 11.6. The Morgan fingerprint density at radius 3 is 3.11 bits per heavy atom. The minimum atomic E-state index is -0.769. The third kappa shape index (κ3) is 3.62. The molecule has 0 bridgehead atoms. The van der Waals surface area contributed by atoms with Gasteiger partial charge in [0.2, 0.25) is 5.91 Å². The van der Waals surface area contributed by atoms with Crippen LogP contribution in [-0.4, -0.2) is 42.3 Å². The van der Waals surface area contributed by atoms with Crippen LogP contribution in [0, 0.1) is 0 Å². The van der Waals surface area contributed by atoms with Gasteiger partial charge in [0.1, 0.15) is 5.75 Å². The summed E-state index contributed by atoms with van der Waals surface area (Å²) in [6.45, 7) is 0.183. The van der Waals surface area contributed by atoms with E-state index in [9.17, 15) is 9.90 Å². The molecule has 0 radical (unpaired) electrons. The average molecular weight is 282 g/mol. The standard InChI is InChI=1S/C13H18N2O3S/c1-18-12-5-3-2-4-9(12)11(16)6-14-13(17)10-7-19-8-15-10/h2-5,10-11,15-16H,6-8H2,1H3,(H,14,17)/t10-,11+/m1/s1. The van der Waals surface area contributed by atoms with Crippen LogP contribution in [0.5, 0.6) is 5.75 Å². The Morgan fingerprint density at radius 1 is 1.63 bits per heavy atom. The van der Waals surface area contributed by atoms with Gasteiger partial charge in [-0.3, -0.25) is 10.1 Å². The molecular weight excluding hydrogens is 264 g/mol. The van der Waals surface area contributed by atoms with E-state index in [1.54, 1.807) is 31.0 Å². The summed E-state index contributed by atoms with van der Waals surface area (Å²) in [6.07, 6.45) is -0.769. The van der Waals surface area contributed by atoms with Crippen molar-refractivity contribution in [3.8, 4) is 5.75 Å². The Kier molecular flexibility index (Phi) is 5.07. The van der Waals surface area contributed by atoms with Crippen molar-refractivity contribution >= 4 is 17.7 Å². The van der Waals surface area contributed by atoms with Crippen LogP contribution in [0.15, 0.2) is 24.3 Å². The third-order valence-electron chi connectivity index (χ3n) is 3.00. The Balaban J connectivity index is 1.89. The van der Waals surface area contributed by atoms with Crippen molar-refractivity contribution in [3.63, 3.8) is 0 Å². The van der Waals surface area contributed by atoms with Crippen LogP contribution in [0.3, 0.4) is 0 Å². The molecule has 104 valence electrons. The molecule has 1 aromatic carbocycles. The van der Waals surface area contributed by atoms with Gasteiger partial charge in [-0.1, -0.05) is 18.2 Å². The van der Waals surface area contributed by atoms with E-state index in [1.165, 1.54) is 0 Å². The van der Waals surface area contributed by atoms with Gasteiger partial charge >= 0.3 is 0 Å². The maximum Gasteiger partial charge on any atom is 0.238 e. The van der Waals surface area contributed by atoms with Crippen molar-refractivity contribution in [2.75, 3.05) is 25.3 Å². The Morgan fingerprint density at radius 2 is 2.42 bits per heavy atom. The SMILES string of the molecule is COc1ccccc1[C@@H](O)CNC(=O)[C@H]1CSCN1. The summed E-state index contributed by atoms with van der Waals surface area (Å²) in [5.41, 5.74) is 0.680. The van der Waals surface area contributed by atoms with Gasteiger partial charge in [-0.15, -0.1) is 11.8 Å². The van der Waals surface area contributed by atoms with Gasteiger partial charge in [0, 0.05) is 23.7 Å². The fourth-order valence-corrected chi connectivity index (χ4v) is 2.88. The van der Waals surface area contributed by atoms with Crippen molar-refractivity contribution in [1.82, 2.24) is 10.6 Å². The number of amides is 1. The van der Waals surface area contributed by atoms with Gasteiger partial charge in [-0.05, 0) is 6.07 Å². The maximum absolute atomic E-state index is 11.8. The van der Waals surface area contributed by atoms with Crippen LogP contribution in [0.1, 0.15) is 11.7 Å². The van der Waals surface area contributed by atoms with Crippen LogP contribution in [0.25, 0.3) is 0 Å². The molecule has 1 fully saturated rings. The number of ether oxygens (including phenoxy) is 1. The Labute approximate surface area is 116 Å². The first-order valence-corrected chi connectivity index (χ1v) is 7.27. The highest BCUT2D eigenvalue weighted by Crippen LogP contribution is 2.24. The van der Waals surface area contributed by atoms with Crippen LogP contribution < -0.4 is 15.4 Å². The zero-order valence-electron chi connectivity index (χ0n) is 10.8. The molecule has 1 aliphatic heterocycles. The lowest BCUT2D eigenvalue weighted by molar-refractivity contribution is -0.122. The quantitative estimate of drug-likeness (QED) is 0.734. The molecule has 1 heterocycles. The number of carbonyl (C=O) groups excluding carboxylic acids is 1. The highest BCUT2D eigenvalue weighted by atomic mass is 32.2. The first kappa shape index (κ1) is 14.2. The van der Waals surface area contributed by atoms with Crippen LogP contribution in [0.2, 0.25) is 0 Å². The van der Waals surface area contributed by atoms with Crippen molar-refractivity contribution in [3.05, 3.63) is 29.8 Å². The highest BCUT2D eigenvalue weighted by Gasteiger charge is 2.23. The molecule has 1 amide bonds. The largest absolute Gasteiger partial charge is 0.496 e. The van der Waals surface area contributed by atoms with E-state index in [-0.39, 0.29) is 18.5 Å². The molecule has 3 N–H and O–H groups in total. The maximum atomic E-state index is 11.8. The topological polar surface area (TPSA) is 70.6 Å². The van der Waals surface area contributed by atoms with Crippen LogP contribution in [0.4, 0.5) is 0 Å². The van der Waals surface area contributed by atoms with E-state index < -0.39 is 6.10 Å². The number of aliphatic hydroxyl groups excluding tert-OH is 1. The second kappa shape index (κ2) is 6.79. The van der Waals surface area contributed by atoms with Crippen molar-refractivity contribution in [2.45, 2.75) is 12.1 Å². The van der Waals surface area contributed by atoms with Gasteiger partial charge < -0.3 is 15.2 Å². The van der Waals surface area contributed by atoms with E-state index in [1.807, 2.05) is 12.1 Å². The number of benzene rings is 1. The number of thioether (sulfide) groups is 1. The fraction of sp³-hybridized carbons (Fsp3) is 0.462. The van der Waals surface area contributed by atoms with Gasteiger partial charge in [-0.25, -0.2) is 0 Å². The average Bonchev–Trinajstić information content (AvgIpc) is 2.98. The molecule has 2 rings (SSSR count). The summed E-state index contributed by atoms with van der Waals surface area (Å²) in [4.78, 5) is 11.8. The monoisotopic (exact) mass is 282 g/mol. The van der Waals surface area contributed by atoms with E-state index in [4.69, 9.17) is 4.74 Å². The molecule has 2 atom stereocenters. The van der Waals surface area contributed by atoms with E-state index >= 15 is 0 Å². The predicted octanol–water partition coefficient (Wildman–Crippen LogP) is 0.507. The Bertz CT molecular complexity index is 436. The number of para-hydroxylation sites is 1. The molecule has 1 aliphatic rings. The minimum Gasteiger partial charge on any atom is -0.496 e. The summed E-state index contributed by atoms with van der Waals surface area (Å²) in [7, 11) is 1.56. The van der Waals surface area contributed by atoms with Crippen LogP contribution in [-0.2, 0) is 4.79 Å². The second-order valence-corrected chi connectivity index (χ2v) is 5.30. The van der Waals surface area contributed by atoms with E-state index in [0.29, 0.717) is 11.3 Å². The summed E-state index contributed by atoms with van der Waals surface area (Å²) >= 11 is 1.69. The lowest BCUT2D eigenvalue weighted by Gasteiger charge is -2.16. The molecule has 1 aromatic rings. The second-order valence-electron chi connectivity index (χ2n) is 4.27. The number of carbonyl (C=O) groups is 1. The molecule has 5 nitrogen and oxygen atoms in total. The molecule has 1 saturated heterocycles. The summed E-state index contributed by atoms with van der Waals surface area (Å²) in [5.74, 6) is 2.13. The summed E-state index contributed by atoms with van der Waals surface area (Å²) in [5, 5.41) is 15.9. The lowest BCUT2D eigenvalue weighted by atomic mass is 10.1. The molecule has 6 heteroatoms. The number of rotatable bonds is 5. The number of hydrogen-bond donors (Lipinski definition) is 3. The normalized spacial score (nSPS) is 20.0. The van der Waals surface area contributed by atoms with Crippen molar-refractivity contribution in [2.24, 2.45) is 0 Å². The molecule has 19 heavy (non-hydrogen) atoms. The lowest BCUT2D eigenvalue weighted by Crippen LogP contribution is -2.43. The number of hydrogen-bond acceptors (Lipinski definition) is 5. The van der Waals surface area contributed by atoms with E-state index in [2.05, 4.69) is 10.6 Å². The number of methoxy groups -OCH3 is 1. The van der Waals surface area contributed by atoms with Crippen molar-refractivity contribution < 1.29 is 14.6 Å². The predicted molar refractivity (Wildman–Crippen MR) is 75.2 cm³/mol. The van der Waals surface area contributed by atoms with Gasteiger partial charge in [0.25, 0.3) is 0 Å². The highest BCUT2D eigenvalue weighted by molar-refractivity contribution is 7.99. The zero-order chi connectivity index (χ0) is 13.7. The molecule has 0 unspecified atom stereocenters. The summed E-state index contributed by atoms with van der Waals surface area (Å²) in [6, 6.07) is 7.09. The smallest absolute Gasteiger partial charge is 0.238 e. The Hall–Kier alpha value is -1.24. The molecule has 0 aliphatic carbocycles. The first-order chi connectivity index (χ1) is 9.22. The number of nitrogens with one attached hydrogen (secondary N) is 2. The van der Waals surface area contributed by atoms with Gasteiger partial charge in [-0.2, -0.15) is 0 Å². The molecule has 0 saturated carbocycles. The summed E-state index contributed by atoms with van der Waals surface area (Å²) < 4.78 is 5.18.